The average molecular weight is 267 g/mol. The van der Waals surface area contributed by atoms with Gasteiger partial charge in [0.25, 0.3) is 0 Å². The molecular formula is C14H25N3S. The molecule has 3 nitrogen and oxygen atoms in total. The van der Waals surface area contributed by atoms with Gasteiger partial charge in [-0.2, -0.15) is 0 Å². The van der Waals surface area contributed by atoms with Gasteiger partial charge < -0.3 is 10.2 Å². The minimum atomic E-state index is 0.533. The molecule has 0 amide bonds. The van der Waals surface area contributed by atoms with Crippen LogP contribution in [0.1, 0.15) is 45.4 Å². The highest BCUT2D eigenvalue weighted by Gasteiger charge is 2.24. The van der Waals surface area contributed by atoms with E-state index in [0.29, 0.717) is 12.1 Å². The first-order chi connectivity index (χ1) is 8.56. The van der Waals surface area contributed by atoms with Crippen LogP contribution in [0.4, 0.5) is 5.13 Å². The molecule has 18 heavy (non-hydrogen) atoms. The van der Waals surface area contributed by atoms with Crippen molar-refractivity contribution in [3.05, 3.63) is 11.1 Å². The summed E-state index contributed by atoms with van der Waals surface area (Å²) in [5.41, 5.74) is 0. The van der Waals surface area contributed by atoms with E-state index < -0.39 is 0 Å². The number of hydrogen-bond acceptors (Lipinski definition) is 4. The Morgan fingerprint density at radius 2 is 2.28 bits per heavy atom. The molecule has 1 aromatic rings. The van der Waals surface area contributed by atoms with Crippen LogP contribution in [0.15, 0.2) is 6.20 Å². The third-order valence-corrected chi connectivity index (χ3v) is 4.64. The molecule has 102 valence electrons. The summed E-state index contributed by atoms with van der Waals surface area (Å²) < 4.78 is 0. The topological polar surface area (TPSA) is 28.2 Å². The molecule has 0 bridgehead atoms. The fourth-order valence-corrected chi connectivity index (χ4v) is 3.50. The second-order valence-electron chi connectivity index (χ2n) is 5.82. The van der Waals surface area contributed by atoms with Gasteiger partial charge >= 0.3 is 0 Å². The van der Waals surface area contributed by atoms with E-state index >= 15 is 0 Å². The van der Waals surface area contributed by atoms with Crippen LogP contribution >= 0.6 is 11.3 Å². The van der Waals surface area contributed by atoms with E-state index in [0.717, 1.165) is 19.0 Å². The molecule has 1 N–H and O–H groups in total. The van der Waals surface area contributed by atoms with E-state index in [1.54, 1.807) is 0 Å². The Bertz CT molecular complexity index is 375. The van der Waals surface area contributed by atoms with Crippen LogP contribution in [0.25, 0.3) is 0 Å². The van der Waals surface area contributed by atoms with Gasteiger partial charge in [-0.3, -0.25) is 0 Å². The highest BCUT2D eigenvalue weighted by molar-refractivity contribution is 7.15. The lowest BCUT2D eigenvalue weighted by molar-refractivity contribution is 0.377. The van der Waals surface area contributed by atoms with Crippen molar-refractivity contribution in [1.29, 1.82) is 0 Å². The Morgan fingerprint density at radius 3 is 2.94 bits per heavy atom. The van der Waals surface area contributed by atoms with Gasteiger partial charge in [0.05, 0.1) is 0 Å². The largest absolute Gasteiger partial charge is 0.345 e. The van der Waals surface area contributed by atoms with Crippen LogP contribution in [0.5, 0.6) is 0 Å². The van der Waals surface area contributed by atoms with Crippen molar-refractivity contribution in [2.75, 3.05) is 11.4 Å². The first-order valence-electron chi connectivity index (χ1n) is 7.01. The number of rotatable bonds is 4. The van der Waals surface area contributed by atoms with Crippen LogP contribution < -0.4 is 10.2 Å². The van der Waals surface area contributed by atoms with E-state index in [-0.39, 0.29) is 0 Å². The summed E-state index contributed by atoms with van der Waals surface area (Å²) >= 11 is 1.84. The van der Waals surface area contributed by atoms with Crippen LogP contribution in [0.3, 0.4) is 0 Å². The lowest BCUT2D eigenvalue weighted by atomic mass is 9.94. The monoisotopic (exact) mass is 267 g/mol. The molecule has 2 unspecified atom stereocenters. The van der Waals surface area contributed by atoms with Crippen LogP contribution in [-0.2, 0) is 6.54 Å². The quantitative estimate of drug-likeness (QED) is 0.907. The van der Waals surface area contributed by atoms with Gasteiger partial charge in [-0.25, -0.2) is 4.98 Å². The number of thiazole rings is 1. The van der Waals surface area contributed by atoms with Gasteiger partial charge in [-0.05, 0) is 25.7 Å². The number of hydrogen-bond donors (Lipinski definition) is 1. The molecule has 1 fully saturated rings. The van der Waals surface area contributed by atoms with Crippen LogP contribution in [0.2, 0.25) is 0 Å². The maximum absolute atomic E-state index is 4.60. The molecule has 0 aliphatic carbocycles. The average Bonchev–Trinajstić information content (AvgIpc) is 2.75. The summed E-state index contributed by atoms with van der Waals surface area (Å²) in [7, 11) is 0. The maximum atomic E-state index is 4.60. The normalized spacial score (nSPS) is 24.8. The summed E-state index contributed by atoms with van der Waals surface area (Å²) in [6, 6.07) is 1.16. The second kappa shape index (κ2) is 6.02. The molecular weight excluding hydrogens is 242 g/mol. The molecule has 2 atom stereocenters. The minimum absolute atomic E-state index is 0.533. The standard InChI is InChI=1S/C14H25N3S/c1-10(2)15-8-13-9-16-14(18-13)17-6-5-11(3)7-12(17)4/h9-12,15H,5-8H2,1-4H3. The summed E-state index contributed by atoms with van der Waals surface area (Å²) in [5, 5.41) is 4.65. The predicted molar refractivity (Wildman–Crippen MR) is 79.3 cm³/mol. The van der Waals surface area contributed by atoms with Crippen LogP contribution in [0, 0.1) is 5.92 Å². The Balaban J connectivity index is 1.96. The number of piperidine rings is 1. The number of nitrogens with zero attached hydrogens (tertiary/aromatic N) is 2. The molecule has 0 spiro atoms. The van der Waals surface area contributed by atoms with Crippen LogP contribution in [-0.4, -0.2) is 23.6 Å². The summed E-state index contributed by atoms with van der Waals surface area (Å²) in [6.07, 6.45) is 4.61. The number of aromatic nitrogens is 1. The van der Waals surface area contributed by atoms with Gasteiger partial charge in [0.1, 0.15) is 0 Å². The van der Waals surface area contributed by atoms with E-state index in [1.807, 2.05) is 17.5 Å². The van der Waals surface area contributed by atoms with Gasteiger partial charge in [-0.15, -0.1) is 11.3 Å². The summed E-state index contributed by atoms with van der Waals surface area (Å²) in [4.78, 5) is 8.41. The molecule has 0 aromatic carbocycles. The molecule has 0 saturated carbocycles. The highest BCUT2D eigenvalue weighted by atomic mass is 32.1. The Kier molecular flexibility index (Phi) is 4.62. The van der Waals surface area contributed by atoms with Crippen molar-refractivity contribution in [3.63, 3.8) is 0 Å². The van der Waals surface area contributed by atoms with Gasteiger partial charge in [0.15, 0.2) is 5.13 Å². The smallest absolute Gasteiger partial charge is 0.185 e. The fourth-order valence-electron chi connectivity index (χ4n) is 2.51. The van der Waals surface area contributed by atoms with E-state index in [4.69, 9.17) is 0 Å². The highest BCUT2D eigenvalue weighted by Crippen LogP contribution is 2.30. The lowest BCUT2D eigenvalue weighted by Gasteiger charge is -2.36. The summed E-state index contributed by atoms with van der Waals surface area (Å²) in [5.74, 6) is 0.860. The Hall–Kier alpha value is -0.610. The molecule has 4 heteroatoms. The predicted octanol–water partition coefficient (Wildman–Crippen LogP) is 3.27. The molecule has 2 rings (SSSR count). The molecule has 1 saturated heterocycles. The van der Waals surface area contributed by atoms with E-state index in [9.17, 15) is 0 Å². The Labute approximate surface area is 115 Å². The van der Waals surface area contributed by atoms with Gasteiger partial charge in [0, 0.05) is 36.2 Å². The van der Waals surface area contributed by atoms with Crippen molar-refractivity contribution in [3.8, 4) is 0 Å². The molecule has 1 aliphatic heterocycles. The maximum Gasteiger partial charge on any atom is 0.185 e. The lowest BCUT2D eigenvalue weighted by Crippen LogP contribution is -2.40. The fraction of sp³-hybridized carbons (Fsp3) is 0.786. The van der Waals surface area contributed by atoms with Gasteiger partial charge in [0.2, 0.25) is 0 Å². The zero-order chi connectivity index (χ0) is 13.1. The first kappa shape index (κ1) is 13.8. The van der Waals surface area contributed by atoms with Crippen molar-refractivity contribution in [1.82, 2.24) is 10.3 Å². The van der Waals surface area contributed by atoms with Crippen molar-refractivity contribution in [2.45, 2.75) is 59.2 Å². The third-order valence-electron chi connectivity index (χ3n) is 3.61. The number of nitrogens with one attached hydrogen (secondary N) is 1. The second-order valence-corrected chi connectivity index (χ2v) is 6.91. The third kappa shape index (κ3) is 3.45. The zero-order valence-corrected chi connectivity index (χ0v) is 12.8. The van der Waals surface area contributed by atoms with Gasteiger partial charge in [-0.1, -0.05) is 20.8 Å². The van der Waals surface area contributed by atoms with E-state index in [2.05, 4.69) is 42.9 Å². The molecule has 2 heterocycles. The van der Waals surface area contributed by atoms with Crippen molar-refractivity contribution >= 4 is 16.5 Å². The summed E-state index contributed by atoms with van der Waals surface area (Å²) in [6.45, 7) is 11.1. The zero-order valence-electron chi connectivity index (χ0n) is 11.9. The Morgan fingerprint density at radius 1 is 1.50 bits per heavy atom. The SMILES string of the molecule is CC1CCN(c2ncc(CNC(C)C)s2)C(C)C1. The first-order valence-corrected chi connectivity index (χ1v) is 7.82. The van der Waals surface area contributed by atoms with Crippen molar-refractivity contribution in [2.24, 2.45) is 5.92 Å². The number of anilines is 1. The molecule has 0 radical (unpaired) electrons. The minimum Gasteiger partial charge on any atom is -0.345 e. The molecule has 1 aromatic heterocycles. The molecule has 1 aliphatic rings. The van der Waals surface area contributed by atoms with E-state index in [1.165, 1.54) is 22.9 Å². The van der Waals surface area contributed by atoms with Crippen molar-refractivity contribution < 1.29 is 0 Å².